The second kappa shape index (κ2) is 5.99. The van der Waals surface area contributed by atoms with E-state index in [0.29, 0.717) is 15.8 Å². The minimum Gasteiger partial charge on any atom is -0.477 e. The van der Waals surface area contributed by atoms with Gasteiger partial charge in [-0.25, -0.2) is 4.39 Å². The maximum atomic E-state index is 14.1. The van der Waals surface area contributed by atoms with E-state index in [0.717, 1.165) is 24.9 Å². The van der Waals surface area contributed by atoms with Gasteiger partial charge in [0.25, 0.3) is 0 Å². The van der Waals surface area contributed by atoms with E-state index in [2.05, 4.69) is 21.2 Å². The topological polar surface area (TPSA) is 41.5 Å². The highest BCUT2D eigenvalue weighted by Gasteiger charge is 2.56. The fourth-order valence-corrected chi connectivity index (χ4v) is 4.57. The highest BCUT2D eigenvalue weighted by atomic mass is 79.9. The Balaban J connectivity index is 1.92. The zero-order valence-corrected chi connectivity index (χ0v) is 15.1. The Kier molecular flexibility index (Phi) is 4.07. The predicted molar refractivity (Wildman–Crippen MR) is 93.8 cm³/mol. The summed E-state index contributed by atoms with van der Waals surface area (Å²) in [4.78, 5) is 0. The number of benzene rings is 2. The second-order valence-electron chi connectivity index (χ2n) is 6.21. The summed E-state index contributed by atoms with van der Waals surface area (Å²) in [5, 5.41) is 14.6. The Morgan fingerprint density at radius 1 is 1.33 bits per heavy atom. The van der Waals surface area contributed by atoms with E-state index in [4.69, 9.17) is 16.3 Å². The average Bonchev–Trinajstić information content (AvgIpc) is 3.21. The minimum atomic E-state index is -1.00. The van der Waals surface area contributed by atoms with Crippen molar-refractivity contribution in [2.45, 2.75) is 30.6 Å². The van der Waals surface area contributed by atoms with Crippen molar-refractivity contribution in [3.05, 3.63) is 62.8 Å². The first kappa shape index (κ1) is 16.3. The molecule has 2 heterocycles. The second-order valence-corrected chi connectivity index (χ2v) is 7.38. The Labute approximate surface area is 152 Å². The van der Waals surface area contributed by atoms with E-state index in [1.807, 2.05) is 30.3 Å². The monoisotopic (exact) mass is 411 g/mol. The van der Waals surface area contributed by atoms with Crippen LogP contribution in [-0.4, -0.2) is 17.7 Å². The summed E-state index contributed by atoms with van der Waals surface area (Å²) in [5.41, 5.74) is 0.357. The molecule has 1 fully saturated rings. The van der Waals surface area contributed by atoms with Crippen molar-refractivity contribution >= 4 is 27.5 Å². The van der Waals surface area contributed by atoms with Gasteiger partial charge >= 0.3 is 0 Å². The summed E-state index contributed by atoms with van der Waals surface area (Å²) in [5.74, 6) is -0.244. The van der Waals surface area contributed by atoms with Crippen LogP contribution < -0.4 is 10.1 Å². The summed E-state index contributed by atoms with van der Waals surface area (Å²) < 4.78 is 20.7. The molecular formula is C18H16BrClFNO2. The zero-order chi connectivity index (χ0) is 16.9. The van der Waals surface area contributed by atoms with E-state index in [1.165, 1.54) is 6.07 Å². The Hall–Kier alpha value is -1.14. The fourth-order valence-electron chi connectivity index (χ4n) is 3.81. The van der Waals surface area contributed by atoms with E-state index in [-0.39, 0.29) is 11.1 Å². The molecule has 6 heteroatoms. The molecule has 0 amide bonds. The molecule has 2 aromatic carbocycles. The number of aliphatic hydroxyl groups excluding tert-OH is 1. The molecule has 0 saturated carbocycles. The highest BCUT2D eigenvalue weighted by molar-refractivity contribution is 9.10. The molecule has 2 N–H and O–H groups in total. The molecule has 0 bridgehead atoms. The van der Waals surface area contributed by atoms with Gasteiger partial charge < -0.3 is 15.2 Å². The number of halogens is 3. The molecular weight excluding hydrogens is 397 g/mol. The lowest BCUT2D eigenvalue weighted by Crippen LogP contribution is -2.51. The first-order valence-corrected chi connectivity index (χ1v) is 9.06. The van der Waals surface area contributed by atoms with Gasteiger partial charge in [0.2, 0.25) is 0 Å². The summed E-state index contributed by atoms with van der Waals surface area (Å²) in [7, 11) is 0. The summed E-state index contributed by atoms with van der Waals surface area (Å²) in [6, 6.07) is 10.8. The molecule has 4 rings (SSSR count). The molecule has 126 valence electrons. The van der Waals surface area contributed by atoms with Gasteiger partial charge in [-0.3, -0.25) is 0 Å². The van der Waals surface area contributed by atoms with Gasteiger partial charge in [-0.2, -0.15) is 0 Å². The first-order chi connectivity index (χ1) is 11.6. The Morgan fingerprint density at radius 2 is 2.08 bits per heavy atom. The van der Waals surface area contributed by atoms with Crippen molar-refractivity contribution in [3.63, 3.8) is 0 Å². The van der Waals surface area contributed by atoms with E-state index >= 15 is 0 Å². The third kappa shape index (κ3) is 2.22. The molecule has 3 nitrogen and oxygen atoms in total. The van der Waals surface area contributed by atoms with Crippen molar-refractivity contribution in [1.82, 2.24) is 5.32 Å². The van der Waals surface area contributed by atoms with Gasteiger partial charge in [-0.1, -0.05) is 41.9 Å². The molecule has 0 aromatic heterocycles. The third-order valence-electron chi connectivity index (χ3n) is 4.92. The Bertz CT molecular complexity index is 782. The van der Waals surface area contributed by atoms with Crippen molar-refractivity contribution in [1.29, 1.82) is 0 Å². The van der Waals surface area contributed by atoms with Gasteiger partial charge in [0.15, 0.2) is 5.60 Å². The molecule has 0 aliphatic carbocycles. The summed E-state index contributed by atoms with van der Waals surface area (Å²) in [6.07, 6.45) is 0.911. The number of nitrogens with one attached hydrogen (secondary N) is 1. The van der Waals surface area contributed by atoms with Gasteiger partial charge in [-0.15, -0.1) is 0 Å². The van der Waals surface area contributed by atoms with Crippen LogP contribution >= 0.6 is 27.5 Å². The number of aliphatic hydroxyl groups is 1. The number of fused-ring (bicyclic) bond motifs is 1. The quantitative estimate of drug-likeness (QED) is 0.722. The van der Waals surface area contributed by atoms with Crippen LogP contribution in [0.15, 0.2) is 40.9 Å². The van der Waals surface area contributed by atoms with Gasteiger partial charge in [-0.05, 0) is 40.9 Å². The zero-order valence-electron chi connectivity index (χ0n) is 12.7. The number of rotatable bonds is 2. The first-order valence-electron chi connectivity index (χ1n) is 7.89. The number of hydrogen-bond donors (Lipinski definition) is 2. The Morgan fingerprint density at radius 3 is 2.75 bits per heavy atom. The lowest BCUT2D eigenvalue weighted by atomic mass is 9.79. The van der Waals surface area contributed by atoms with Crippen molar-refractivity contribution in [2.75, 3.05) is 6.54 Å². The molecule has 2 aliphatic heterocycles. The molecule has 0 radical (unpaired) electrons. The molecule has 2 aromatic rings. The van der Waals surface area contributed by atoms with E-state index < -0.39 is 17.5 Å². The van der Waals surface area contributed by atoms with Crippen LogP contribution in [0.4, 0.5) is 4.39 Å². The number of ether oxygens (including phenoxy) is 1. The van der Waals surface area contributed by atoms with Crippen LogP contribution in [0, 0.1) is 5.82 Å². The lowest BCUT2D eigenvalue weighted by molar-refractivity contribution is -0.0568. The van der Waals surface area contributed by atoms with Crippen molar-refractivity contribution in [2.24, 2.45) is 0 Å². The highest BCUT2D eigenvalue weighted by Crippen LogP contribution is 2.55. The normalized spacial score (nSPS) is 28.7. The average molecular weight is 413 g/mol. The van der Waals surface area contributed by atoms with Crippen LogP contribution in [-0.2, 0) is 5.60 Å². The summed E-state index contributed by atoms with van der Waals surface area (Å²) in [6.45, 7) is 0.863. The largest absolute Gasteiger partial charge is 0.477 e. The van der Waals surface area contributed by atoms with Gasteiger partial charge in [0.1, 0.15) is 17.7 Å². The van der Waals surface area contributed by atoms with Crippen LogP contribution in [0.25, 0.3) is 0 Å². The summed E-state index contributed by atoms with van der Waals surface area (Å²) >= 11 is 9.34. The molecule has 3 atom stereocenters. The number of hydrogen-bond acceptors (Lipinski definition) is 3. The van der Waals surface area contributed by atoms with Gasteiger partial charge in [0, 0.05) is 16.1 Å². The third-order valence-corrected chi connectivity index (χ3v) is 6.35. The minimum absolute atomic E-state index is 0.0420. The molecule has 1 unspecified atom stereocenters. The van der Waals surface area contributed by atoms with Crippen LogP contribution in [0.3, 0.4) is 0 Å². The van der Waals surface area contributed by atoms with Gasteiger partial charge in [0.05, 0.1) is 11.1 Å². The predicted octanol–water partition coefficient (Wildman–Crippen LogP) is 4.31. The smallest absolute Gasteiger partial charge is 0.179 e. The SMILES string of the molecule is O[C@H]1c2c(cc(F)c(Cl)c2Br)O[C@@]1(c1ccccc1)C1CCCN1. The maximum Gasteiger partial charge on any atom is 0.179 e. The van der Waals surface area contributed by atoms with Crippen LogP contribution in [0.5, 0.6) is 5.75 Å². The van der Waals surface area contributed by atoms with Crippen LogP contribution in [0.1, 0.15) is 30.1 Å². The van der Waals surface area contributed by atoms with Crippen LogP contribution in [0.2, 0.25) is 5.02 Å². The van der Waals surface area contributed by atoms with E-state index in [9.17, 15) is 9.50 Å². The van der Waals surface area contributed by atoms with E-state index in [1.54, 1.807) is 0 Å². The maximum absolute atomic E-state index is 14.1. The van der Waals surface area contributed by atoms with Crippen molar-refractivity contribution in [3.8, 4) is 5.75 Å². The molecule has 1 saturated heterocycles. The molecule has 0 spiro atoms. The van der Waals surface area contributed by atoms with Crippen molar-refractivity contribution < 1.29 is 14.2 Å². The standard InChI is InChI=1S/C18H16BrClFNO2/c19-15-14-12(9-11(21)16(15)20)24-18(17(14)23,13-7-4-8-22-13)10-5-2-1-3-6-10/h1-3,5-6,9,13,17,22-23H,4,7-8H2/t13?,17-,18-/m0/s1. The molecule has 2 aliphatic rings. The lowest BCUT2D eigenvalue weighted by Gasteiger charge is -2.38. The molecule has 24 heavy (non-hydrogen) atoms. The fraction of sp³-hybridized carbons (Fsp3) is 0.333.